The van der Waals surface area contributed by atoms with Crippen molar-refractivity contribution in [3.63, 3.8) is 0 Å². The van der Waals surface area contributed by atoms with Crippen molar-refractivity contribution in [3.05, 3.63) is 39.9 Å². The van der Waals surface area contributed by atoms with Crippen LogP contribution in [-0.4, -0.2) is 17.0 Å². The maximum atomic E-state index is 11.8. The normalized spacial score (nSPS) is 12.2. The number of hydrogen-bond acceptors (Lipinski definition) is 4. The van der Waals surface area contributed by atoms with Gasteiger partial charge in [0.05, 0.1) is 16.9 Å². The molecule has 0 amide bonds. The number of nitro groups is 1. The Labute approximate surface area is 106 Å². The Hall–Kier alpha value is -1.91. The molecule has 0 saturated carbocycles. The molecule has 0 aromatic heterocycles. The average Bonchev–Trinajstić information content (AvgIpc) is 2.29. The van der Waals surface area contributed by atoms with Crippen LogP contribution in [0, 0.1) is 10.1 Å². The fourth-order valence-corrected chi connectivity index (χ4v) is 1.68. The standard InChI is InChI=1S/C13H17NO4/c1-4-12(13(15)18-9(2)3)10-5-7-11(8-6-10)14(16)17/h5-9,12H,4H2,1-3H3. The number of nitrogens with zero attached hydrogens (tertiary/aromatic N) is 1. The lowest BCUT2D eigenvalue weighted by Crippen LogP contribution is -2.19. The van der Waals surface area contributed by atoms with Crippen molar-refractivity contribution in [1.82, 2.24) is 0 Å². The van der Waals surface area contributed by atoms with E-state index >= 15 is 0 Å². The highest BCUT2D eigenvalue weighted by Crippen LogP contribution is 2.24. The number of carbonyl (C=O) groups excluding carboxylic acids is 1. The quantitative estimate of drug-likeness (QED) is 0.458. The topological polar surface area (TPSA) is 69.4 Å². The number of benzene rings is 1. The van der Waals surface area contributed by atoms with Gasteiger partial charge in [-0.05, 0) is 25.8 Å². The van der Waals surface area contributed by atoms with Crippen LogP contribution in [0.25, 0.3) is 0 Å². The molecular weight excluding hydrogens is 234 g/mol. The molecule has 1 aromatic carbocycles. The molecule has 0 bridgehead atoms. The molecule has 1 aromatic rings. The summed E-state index contributed by atoms with van der Waals surface area (Å²) in [6.45, 7) is 5.47. The molecule has 0 aliphatic heterocycles. The second-order valence-corrected chi connectivity index (χ2v) is 4.30. The lowest BCUT2D eigenvalue weighted by molar-refractivity contribution is -0.384. The van der Waals surface area contributed by atoms with Gasteiger partial charge in [0, 0.05) is 12.1 Å². The van der Waals surface area contributed by atoms with Crippen molar-refractivity contribution >= 4 is 11.7 Å². The van der Waals surface area contributed by atoms with Crippen LogP contribution in [0.5, 0.6) is 0 Å². The molecule has 5 heteroatoms. The lowest BCUT2D eigenvalue weighted by atomic mass is 9.96. The Kier molecular flexibility index (Phi) is 4.83. The fraction of sp³-hybridized carbons (Fsp3) is 0.462. The molecule has 0 saturated heterocycles. The summed E-state index contributed by atoms with van der Waals surface area (Å²) in [4.78, 5) is 21.9. The van der Waals surface area contributed by atoms with Crippen LogP contribution in [0.1, 0.15) is 38.7 Å². The number of esters is 1. The van der Waals surface area contributed by atoms with E-state index in [0.29, 0.717) is 6.42 Å². The highest BCUT2D eigenvalue weighted by atomic mass is 16.6. The Morgan fingerprint density at radius 3 is 2.28 bits per heavy atom. The monoisotopic (exact) mass is 251 g/mol. The smallest absolute Gasteiger partial charge is 0.313 e. The van der Waals surface area contributed by atoms with Gasteiger partial charge in [-0.15, -0.1) is 0 Å². The van der Waals surface area contributed by atoms with Gasteiger partial charge in [-0.25, -0.2) is 0 Å². The number of hydrogen-bond donors (Lipinski definition) is 0. The molecule has 5 nitrogen and oxygen atoms in total. The Bertz CT molecular complexity index is 425. The largest absolute Gasteiger partial charge is 0.463 e. The number of ether oxygens (including phenoxy) is 1. The van der Waals surface area contributed by atoms with Gasteiger partial charge < -0.3 is 4.74 Å². The summed E-state index contributed by atoms with van der Waals surface area (Å²) < 4.78 is 5.16. The summed E-state index contributed by atoms with van der Waals surface area (Å²) in [7, 11) is 0. The van der Waals surface area contributed by atoms with Gasteiger partial charge in [-0.2, -0.15) is 0 Å². The van der Waals surface area contributed by atoms with Crippen molar-refractivity contribution in [2.24, 2.45) is 0 Å². The predicted octanol–water partition coefficient (Wildman–Crippen LogP) is 3.04. The van der Waals surface area contributed by atoms with Crippen molar-refractivity contribution in [2.45, 2.75) is 39.2 Å². The molecule has 1 rings (SSSR count). The van der Waals surface area contributed by atoms with Gasteiger partial charge >= 0.3 is 5.97 Å². The minimum Gasteiger partial charge on any atom is -0.463 e. The number of non-ortho nitro benzene ring substituents is 1. The van der Waals surface area contributed by atoms with Crippen molar-refractivity contribution in [3.8, 4) is 0 Å². The van der Waals surface area contributed by atoms with Crippen LogP contribution in [0.4, 0.5) is 5.69 Å². The first-order valence-electron chi connectivity index (χ1n) is 5.90. The first kappa shape index (κ1) is 14.2. The van der Waals surface area contributed by atoms with Crippen LogP contribution < -0.4 is 0 Å². The molecule has 98 valence electrons. The molecule has 0 fully saturated rings. The van der Waals surface area contributed by atoms with Crippen molar-refractivity contribution in [1.29, 1.82) is 0 Å². The first-order valence-corrected chi connectivity index (χ1v) is 5.90. The minimum absolute atomic E-state index is 0.0193. The van der Waals surface area contributed by atoms with Crippen molar-refractivity contribution in [2.75, 3.05) is 0 Å². The summed E-state index contributed by atoms with van der Waals surface area (Å²) in [5.41, 5.74) is 0.763. The van der Waals surface area contributed by atoms with Crippen LogP contribution in [0.3, 0.4) is 0 Å². The van der Waals surface area contributed by atoms with Gasteiger partial charge in [-0.1, -0.05) is 19.1 Å². The number of nitro benzene ring substituents is 1. The summed E-state index contributed by atoms with van der Waals surface area (Å²) in [5.74, 6) is -0.658. The summed E-state index contributed by atoms with van der Waals surface area (Å²) in [6.07, 6.45) is 0.438. The zero-order chi connectivity index (χ0) is 13.7. The van der Waals surface area contributed by atoms with E-state index in [9.17, 15) is 14.9 Å². The molecule has 0 radical (unpaired) electrons. The molecule has 0 aliphatic rings. The minimum atomic E-state index is -0.461. The van der Waals surface area contributed by atoms with Crippen LogP contribution >= 0.6 is 0 Å². The summed E-state index contributed by atoms with van der Waals surface area (Å²) in [6, 6.07) is 6.02. The maximum Gasteiger partial charge on any atom is 0.313 e. The van der Waals surface area contributed by atoms with E-state index in [4.69, 9.17) is 4.74 Å². The Morgan fingerprint density at radius 1 is 1.33 bits per heavy atom. The first-order chi connectivity index (χ1) is 8.45. The third-order valence-corrected chi connectivity index (χ3v) is 2.55. The molecule has 0 N–H and O–H groups in total. The highest BCUT2D eigenvalue weighted by Gasteiger charge is 2.21. The predicted molar refractivity (Wildman–Crippen MR) is 67.4 cm³/mol. The molecular formula is C13H17NO4. The Morgan fingerprint density at radius 2 is 1.89 bits per heavy atom. The van der Waals surface area contributed by atoms with E-state index in [0.717, 1.165) is 5.56 Å². The van der Waals surface area contributed by atoms with Crippen molar-refractivity contribution < 1.29 is 14.5 Å². The zero-order valence-corrected chi connectivity index (χ0v) is 10.8. The van der Waals surface area contributed by atoms with E-state index in [-0.39, 0.29) is 23.7 Å². The zero-order valence-electron chi connectivity index (χ0n) is 10.8. The van der Waals surface area contributed by atoms with Gasteiger partial charge in [-0.3, -0.25) is 14.9 Å². The third kappa shape index (κ3) is 3.55. The highest BCUT2D eigenvalue weighted by molar-refractivity contribution is 5.78. The van der Waals surface area contributed by atoms with Crippen LogP contribution in [0.15, 0.2) is 24.3 Å². The van der Waals surface area contributed by atoms with Gasteiger partial charge in [0.1, 0.15) is 0 Å². The lowest BCUT2D eigenvalue weighted by Gasteiger charge is -2.16. The SMILES string of the molecule is CCC(C(=O)OC(C)C)c1ccc([N+](=O)[O-])cc1. The molecule has 1 unspecified atom stereocenters. The molecule has 1 atom stereocenters. The third-order valence-electron chi connectivity index (χ3n) is 2.55. The van der Waals surface area contributed by atoms with Crippen LogP contribution in [-0.2, 0) is 9.53 Å². The van der Waals surface area contributed by atoms with Gasteiger partial charge in [0.2, 0.25) is 0 Å². The molecule has 18 heavy (non-hydrogen) atoms. The maximum absolute atomic E-state index is 11.8. The second kappa shape index (κ2) is 6.14. The second-order valence-electron chi connectivity index (χ2n) is 4.30. The summed E-state index contributed by atoms with van der Waals surface area (Å²) >= 11 is 0. The molecule has 0 heterocycles. The van der Waals surface area contributed by atoms with E-state index < -0.39 is 4.92 Å². The van der Waals surface area contributed by atoms with Gasteiger partial charge in [0.15, 0.2) is 0 Å². The molecule has 0 aliphatic carbocycles. The van der Waals surface area contributed by atoms with E-state index in [1.807, 2.05) is 6.92 Å². The number of carbonyl (C=O) groups is 1. The summed E-state index contributed by atoms with van der Waals surface area (Å²) in [5, 5.41) is 10.5. The number of rotatable bonds is 5. The molecule has 0 spiro atoms. The van der Waals surface area contributed by atoms with E-state index in [2.05, 4.69) is 0 Å². The fourth-order valence-electron chi connectivity index (χ4n) is 1.68. The van der Waals surface area contributed by atoms with E-state index in [1.165, 1.54) is 12.1 Å². The Balaban J connectivity index is 2.88. The van der Waals surface area contributed by atoms with Crippen LogP contribution in [0.2, 0.25) is 0 Å². The van der Waals surface area contributed by atoms with Gasteiger partial charge in [0.25, 0.3) is 5.69 Å². The average molecular weight is 251 g/mol. The van der Waals surface area contributed by atoms with E-state index in [1.54, 1.807) is 26.0 Å².